The zero-order valence-electron chi connectivity index (χ0n) is 12.3. The Morgan fingerprint density at radius 3 is 2.33 bits per heavy atom. The second-order valence-electron chi connectivity index (χ2n) is 5.88. The van der Waals surface area contributed by atoms with E-state index >= 15 is 0 Å². The Morgan fingerprint density at radius 1 is 1.22 bits per heavy atom. The molecule has 0 aliphatic heterocycles. The van der Waals surface area contributed by atoms with Crippen molar-refractivity contribution in [2.24, 2.45) is 11.8 Å². The number of hydrogen-bond acceptors (Lipinski definition) is 3. The lowest BCUT2D eigenvalue weighted by Gasteiger charge is -2.37. The van der Waals surface area contributed by atoms with E-state index in [0.29, 0.717) is 12.5 Å². The molecule has 0 aromatic rings. The van der Waals surface area contributed by atoms with Crippen LogP contribution in [-0.2, 0) is 14.3 Å². The molecule has 0 aromatic heterocycles. The average molecular weight is 256 g/mol. The first kappa shape index (κ1) is 15.5. The van der Waals surface area contributed by atoms with Crippen LogP contribution in [0.4, 0.5) is 0 Å². The minimum atomic E-state index is -0.0723. The molecule has 0 atom stereocenters. The summed E-state index contributed by atoms with van der Waals surface area (Å²) in [6, 6.07) is 0. The Hall–Kier alpha value is -0.570. The summed E-state index contributed by atoms with van der Waals surface area (Å²) in [5, 5.41) is 0. The van der Waals surface area contributed by atoms with Gasteiger partial charge in [-0.15, -0.1) is 0 Å². The summed E-state index contributed by atoms with van der Waals surface area (Å²) in [4.78, 5) is 11.8. The van der Waals surface area contributed by atoms with Gasteiger partial charge in [-0.1, -0.05) is 13.3 Å². The zero-order chi connectivity index (χ0) is 13.6. The molecule has 106 valence electrons. The molecule has 18 heavy (non-hydrogen) atoms. The van der Waals surface area contributed by atoms with Gasteiger partial charge < -0.3 is 9.47 Å². The Bertz CT molecular complexity index is 252. The van der Waals surface area contributed by atoms with Gasteiger partial charge in [-0.25, -0.2) is 0 Å². The van der Waals surface area contributed by atoms with Crippen LogP contribution >= 0.6 is 0 Å². The molecule has 1 aliphatic rings. The lowest BCUT2D eigenvalue weighted by atomic mass is 9.75. The van der Waals surface area contributed by atoms with Gasteiger partial charge >= 0.3 is 5.97 Å². The van der Waals surface area contributed by atoms with E-state index in [4.69, 9.17) is 9.47 Å². The number of methoxy groups -OCH3 is 1. The van der Waals surface area contributed by atoms with Gasteiger partial charge in [0.1, 0.15) is 0 Å². The van der Waals surface area contributed by atoms with Crippen LogP contribution in [-0.4, -0.2) is 25.3 Å². The van der Waals surface area contributed by atoms with E-state index in [1.807, 2.05) is 0 Å². The highest BCUT2D eigenvalue weighted by atomic mass is 16.5. The maximum Gasteiger partial charge on any atom is 0.308 e. The number of carbonyl (C=O) groups is 1. The predicted molar refractivity (Wildman–Crippen MR) is 72.4 cm³/mol. The second kappa shape index (κ2) is 7.13. The number of esters is 1. The van der Waals surface area contributed by atoms with Crippen LogP contribution in [0.1, 0.15) is 59.3 Å². The molecule has 1 aliphatic carbocycles. The van der Waals surface area contributed by atoms with Crippen LogP contribution in [0.3, 0.4) is 0 Å². The molecule has 0 spiro atoms. The molecule has 3 nitrogen and oxygen atoms in total. The Kier molecular flexibility index (Phi) is 6.13. The van der Waals surface area contributed by atoms with E-state index in [-0.39, 0.29) is 17.5 Å². The first-order valence-corrected chi connectivity index (χ1v) is 7.23. The highest BCUT2D eigenvalue weighted by Crippen LogP contribution is 2.37. The smallest absolute Gasteiger partial charge is 0.308 e. The zero-order valence-corrected chi connectivity index (χ0v) is 12.3. The van der Waals surface area contributed by atoms with Gasteiger partial charge in [-0.2, -0.15) is 0 Å². The molecule has 3 heteroatoms. The van der Waals surface area contributed by atoms with Gasteiger partial charge in [-0.05, 0) is 51.9 Å². The minimum Gasteiger partial charge on any atom is -0.465 e. The fourth-order valence-corrected chi connectivity index (χ4v) is 2.63. The highest BCUT2D eigenvalue weighted by Gasteiger charge is 2.35. The van der Waals surface area contributed by atoms with Crippen molar-refractivity contribution in [3.8, 4) is 0 Å². The Morgan fingerprint density at radius 2 is 1.83 bits per heavy atom. The molecule has 0 bridgehead atoms. The number of carbonyl (C=O) groups excluding carboxylic acids is 1. The third kappa shape index (κ3) is 4.27. The molecule has 0 saturated heterocycles. The van der Waals surface area contributed by atoms with Gasteiger partial charge in [-0.3, -0.25) is 4.79 Å². The largest absolute Gasteiger partial charge is 0.465 e. The van der Waals surface area contributed by atoms with Crippen molar-refractivity contribution in [3.63, 3.8) is 0 Å². The summed E-state index contributed by atoms with van der Waals surface area (Å²) in [5.74, 6) is 0.685. The second-order valence-corrected chi connectivity index (χ2v) is 5.88. The van der Waals surface area contributed by atoms with E-state index in [1.54, 1.807) is 7.11 Å². The van der Waals surface area contributed by atoms with Crippen LogP contribution < -0.4 is 0 Å². The Labute approximate surface area is 111 Å². The molecule has 0 amide bonds. The van der Waals surface area contributed by atoms with Crippen molar-refractivity contribution < 1.29 is 14.3 Å². The van der Waals surface area contributed by atoms with Crippen molar-refractivity contribution in [1.82, 2.24) is 0 Å². The van der Waals surface area contributed by atoms with Gasteiger partial charge in [0, 0.05) is 7.11 Å². The van der Waals surface area contributed by atoms with Crippen molar-refractivity contribution in [3.05, 3.63) is 0 Å². The molecule has 0 unspecified atom stereocenters. The molecule has 1 fully saturated rings. The molecule has 0 aromatic carbocycles. The summed E-state index contributed by atoms with van der Waals surface area (Å²) in [6.07, 6.45) is 6.06. The van der Waals surface area contributed by atoms with E-state index in [2.05, 4.69) is 20.8 Å². The fraction of sp³-hybridized carbons (Fsp3) is 0.933. The number of hydrogen-bond donors (Lipinski definition) is 0. The maximum atomic E-state index is 11.8. The van der Waals surface area contributed by atoms with Gasteiger partial charge in [0.25, 0.3) is 0 Å². The standard InChI is InChI=1S/C15H28O3/c1-5-6-11-18-14(16)12-7-9-13(10-8-12)15(2,3)17-4/h12-13H,5-11H2,1-4H3. The summed E-state index contributed by atoms with van der Waals surface area (Å²) < 4.78 is 10.8. The third-order valence-corrected chi connectivity index (χ3v) is 4.31. The van der Waals surface area contributed by atoms with Crippen LogP contribution in [0, 0.1) is 11.8 Å². The molecule has 0 heterocycles. The normalized spacial score (nSPS) is 24.9. The van der Waals surface area contributed by atoms with Crippen LogP contribution in [0.2, 0.25) is 0 Å². The highest BCUT2D eigenvalue weighted by molar-refractivity contribution is 5.72. The quantitative estimate of drug-likeness (QED) is 0.538. The fourth-order valence-electron chi connectivity index (χ4n) is 2.63. The van der Waals surface area contributed by atoms with E-state index in [9.17, 15) is 4.79 Å². The summed E-state index contributed by atoms with van der Waals surface area (Å²) >= 11 is 0. The topological polar surface area (TPSA) is 35.5 Å². The van der Waals surface area contributed by atoms with Crippen LogP contribution in [0.5, 0.6) is 0 Å². The molecular formula is C15H28O3. The molecular weight excluding hydrogens is 228 g/mol. The van der Waals surface area contributed by atoms with Gasteiger partial charge in [0.05, 0.1) is 18.1 Å². The summed E-state index contributed by atoms with van der Waals surface area (Å²) in [6.45, 7) is 6.96. The predicted octanol–water partition coefficient (Wildman–Crippen LogP) is 3.56. The lowest BCUT2D eigenvalue weighted by molar-refractivity contribution is -0.151. The Balaban J connectivity index is 2.32. The van der Waals surface area contributed by atoms with Crippen molar-refractivity contribution in [2.45, 2.75) is 64.9 Å². The van der Waals surface area contributed by atoms with E-state index < -0.39 is 0 Å². The first-order chi connectivity index (χ1) is 8.51. The van der Waals surface area contributed by atoms with Gasteiger partial charge in [0.15, 0.2) is 0 Å². The van der Waals surface area contributed by atoms with Crippen molar-refractivity contribution >= 4 is 5.97 Å². The summed E-state index contributed by atoms with van der Waals surface area (Å²) in [7, 11) is 1.77. The number of ether oxygens (including phenoxy) is 2. The van der Waals surface area contributed by atoms with Gasteiger partial charge in [0.2, 0.25) is 0 Å². The SMILES string of the molecule is CCCCOC(=O)C1CCC(C(C)(C)OC)CC1. The van der Waals surface area contributed by atoms with Crippen LogP contribution in [0.25, 0.3) is 0 Å². The number of unbranched alkanes of at least 4 members (excludes halogenated alkanes) is 1. The minimum absolute atomic E-state index is 0.0112. The number of rotatable bonds is 6. The van der Waals surface area contributed by atoms with E-state index in [1.165, 1.54) is 0 Å². The molecule has 0 radical (unpaired) electrons. The van der Waals surface area contributed by atoms with Crippen molar-refractivity contribution in [1.29, 1.82) is 0 Å². The molecule has 1 saturated carbocycles. The maximum absolute atomic E-state index is 11.8. The first-order valence-electron chi connectivity index (χ1n) is 7.23. The third-order valence-electron chi connectivity index (χ3n) is 4.31. The van der Waals surface area contributed by atoms with Crippen molar-refractivity contribution in [2.75, 3.05) is 13.7 Å². The average Bonchev–Trinajstić information content (AvgIpc) is 2.39. The van der Waals surface area contributed by atoms with Crippen LogP contribution in [0.15, 0.2) is 0 Å². The monoisotopic (exact) mass is 256 g/mol. The van der Waals surface area contributed by atoms with E-state index in [0.717, 1.165) is 38.5 Å². The molecule has 1 rings (SSSR count). The lowest BCUT2D eigenvalue weighted by Crippen LogP contribution is -2.37. The summed E-state index contributed by atoms with van der Waals surface area (Å²) in [5.41, 5.74) is -0.0723. The molecule has 0 N–H and O–H groups in total.